The van der Waals surface area contributed by atoms with Crippen LogP contribution < -0.4 is 4.74 Å². The molecule has 0 radical (unpaired) electrons. The van der Waals surface area contributed by atoms with Gasteiger partial charge in [-0.3, -0.25) is 0 Å². The predicted octanol–water partition coefficient (Wildman–Crippen LogP) is 5.84. The molecular formula is C20H23ClO3S. The number of hydrogen-bond acceptors (Lipinski definition) is 4. The van der Waals surface area contributed by atoms with E-state index < -0.39 is 11.6 Å². The van der Waals surface area contributed by atoms with Crippen molar-refractivity contribution in [3.05, 3.63) is 47.5 Å². The summed E-state index contributed by atoms with van der Waals surface area (Å²) < 4.78 is 11.0. The summed E-state index contributed by atoms with van der Waals surface area (Å²) in [5.74, 6) is 1.23. The van der Waals surface area contributed by atoms with E-state index in [1.165, 1.54) is 4.90 Å². The highest BCUT2D eigenvalue weighted by atomic mass is 35.5. The molecule has 0 aliphatic rings. The topological polar surface area (TPSA) is 35.5 Å². The third-order valence-electron chi connectivity index (χ3n) is 3.18. The molecule has 3 nitrogen and oxygen atoms in total. The van der Waals surface area contributed by atoms with Crippen molar-refractivity contribution in [2.75, 3.05) is 12.4 Å². The maximum Gasteiger partial charge on any atom is 0.344 e. The molecule has 0 bridgehead atoms. The standard InChI is InChI=1S/C20H23ClO3S/c1-5-25-16-9-6-14(7-10-16)17-12-15(21)8-11-18(17)23-13-19(22)24-20(2,3)4/h6-12H,5,13H2,1-4H3. The van der Waals surface area contributed by atoms with Crippen LogP contribution in [0.4, 0.5) is 0 Å². The number of hydrogen-bond donors (Lipinski definition) is 0. The summed E-state index contributed by atoms with van der Waals surface area (Å²) in [6.07, 6.45) is 0. The number of benzene rings is 2. The Balaban J connectivity index is 2.18. The van der Waals surface area contributed by atoms with Crippen LogP contribution in [0, 0.1) is 0 Å². The van der Waals surface area contributed by atoms with Crippen LogP contribution in [0.15, 0.2) is 47.4 Å². The van der Waals surface area contributed by atoms with Gasteiger partial charge in [0.15, 0.2) is 6.61 Å². The van der Waals surface area contributed by atoms with Gasteiger partial charge in [-0.2, -0.15) is 0 Å². The predicted molar refractivity (Wildman–Crippen MR) is 105 cm³/mol. The SMILES string of the molecule is CCSc1ccc(-c2cc(Cl)ccc2OCC(=O)OC(C)(C)C)cc1. The number of rotatable bonds is 6. The van der Waals surface area contributed by atoms with Gasteiger partial charge in [-0.05, 0) is 62.4 Å². The summed E-state index contributed by atoms with van der Waals surface area (Å²) in [7, 11) is 0. The molecule has 0 N–H and O–H groups in total. The van der Waals surface area contributed by atoms with Gasteiger partial charge in [0.25, 0.3) is 0 Å². The third kappa shape index (κ3) is 6.29. The lowest BCUT2D eigenvalue weighted by atomic mass is 10.0. The van der Waals surface area contributed by atoms with E-state index in [-0.39, 0.29) is 6.61 Å². The molecule has 0 saturated heterocycles. The van der Waals surface area contributed by atoms with Crippen molar-refractivity contribution in [1.82, 2.24) is 0 Å². The largest absolute Gasteiger partial charge is 0.481 e. The van der Waals surface area contributed by atoms with Gasteiger partial charge in [0.1, 0.15) is 11.4 Å². The summed E-state index contributed by atoms with van der Waals surface area (Å²) >= 11 is 7.93. The number of carbonyl (C=O) groups is 1. The van der Waals surface area contributed by atoms with Gasteiger partial charge in [0.2, 0.25) is 0 Å². The third-order valence-corrected chi connectivity index (χ3v) is 4.31. The molecule has 0 aliphatic carbocycles. The van der Waals surface area contributed by atoms with E-state index >= 15 is 0 Å². The van der Waals surface area contributed by atoms with E-state index in [2.05, 4.69) is 19.1 Å². The minimum absolute atomic E-state index is 0.143. The first-order valence-corrected chi connectivity index (χ1v) is 9.52. The molecule has 0 aromatic heterocycles. The Morgan fingerprint density at radius 3 is 2.40 bits per heavy atom. The molecule has 0 aliphatic heterocycles. The molecule has 0 amide bonds. The van der Waals surface area contributed by atoms with E-state index in [1.54, 1.807) is 23.9 Å². The Hall–Kier alpha value is -1.65. The fourth-order valence-electron chi connectivity index (χ4n) is 2.26. The van der Waals surface area contributed by atoms with E-state index in [0.717, 1.165) is 16.9 Å². The van der Waals surface area contributed by atoms with Crippen LogP contribution in [-0.2, 0) is 9.53 Å². The number of esters is 1. The lowest BCUT2D eigenvalue weighted by molar-refractivity contribution is -0.157. The second kappa shape index (κ2) is 8.63. The van der Waals surface area contributed by atoms with Gasteiger partial charge in [0, 0.05) is 15.5 Å². The molecule has 134 valence electrons. The van der Waals surface area contributed by atoms with Crippen LogP contribution in [0.5, 0.6) is 5.75 Å². The van der Waals surface area contributed by atoms with Gasteiger partial charge >= 0.3 is 5.97 Å². The van der Waals surface area contributed by atoms with Crippen molar-refractivity contribution in [1.29, 1.82) is 0 Å². The van der Waals surface area contributed by atoms with Crippen LogP contribution in [0.2, 0.25) is 5.02 Å². The monoisotopic (exact) mass is 378 g/mol. The summed E-state index contributed by atoms with van der Waals surface area (Å²) in [4.78, 5) is 13.1. The van der Waals surface area contributed by atoms with Crippen LogP contribution >= 0.6 is 23.4 Å². The summed E-state index contributed by atoms with van der Waals surface area (Å²) in [6, 6.07) is 13.6. The first-order chi connectivity index (χ1) is 11.8. The zero-order valence-corrected chi connectivity index (χ0v) is 16.5. The van der Waals surface area contributed by atoms with E-state index in [0.29, 0.717) is 10.8 Å². The highest BCUT2D eigenvalue weighted by molar-refractivity contribution is 7.99. The summed E-state index contributed by atoms with van der Waals surface area (Å²) in [5, 5.41) is 0.617. The maximum absolute atomic E-state index is 11.9. The maximum atomic E-state index is 11.9. The van der Waals surface area contributed by atoms with Crippen molar-refractivity contribution in [2.45, 2.75) is 38.2 Å². The van der Waals surface area contributed by atoms with E-state index in [4.69, 9.17) is 21.1 Å². The Labute approximate surface area is 158 Å². The molecule has 0 fully saturated rings. The molecule has 0 heterocycles. The Morgan fingerprint density at radius 2 is 1.80 bits per heavy atom. The highest BCUT2D eigenvalue weighted by Crippen LogP contribution is 2.34. The summed E-state index contributed by atoms with van der Waals surface area (Å²) in [5.41, 5.74) is 1.31. The first kappa shape index (κ1) is 19.7. The van der Waals surface area contributed by atoms with Gasteiger partial charge in [-0.25, -0.2) is 4.79 Å². The quantitative estimate of drug-likeness (QED) is 0.467. The summed E-state index contributed by atoms with van der Waals surface area (Å²) in [6.45, 7) is 7.46. The molecule has 25 heavy (non-hydrogen) atoms. The molecule has 2 aromatic rings. The van der Waals surface area contributed by atoms with Crippen molar-refractivity contribution in [3.8, 4) is 16.9 Å². The van der Waals surface area contributed by atoms with Crippen LogP contribution in [0.1, 0.15) is 27.7 Å². The molecule has 0 spiro atoms. The van der Waals surface area contributed by atoms with Crippen molar-refractivity contribution < 1.29 is 14.3 Å². The van der Waals surface area contributed by atoms with Crippen molar-refractivity contribution in [3.63, 3.8) is 0 Å². The number of halogens is 1. The van der Waals surface area contributed by atoms with Gasteiger partial charge < -0.3 is 9.47 Å². The second-order valence-corrected chi connectivity index (χ2v) is 8.25. The Kier molecular flexibility index (Phi) is 6.79. The number of ether oxygens (including phenoxy) is 2. The number of thioether (sulfide) groups is 1. The van der Waals surface area contributed by atoms with E-state index in [9.17, 15) is 4.79 Å². The minimum atomic E-state index is -0.532. The smallest absolute Gasteiger partial charge is 0.344 e. The lowest BCUT2D eigenvalue weighted by Gasteiger charge is -2.20. The molecule has 5 heteroatoms. The molecule has 0 atom stereocenters. The van der Waals surface area contributed by atoms with Crippen LogP contribution in [-0.4, -0.2) is 23.9 Å². The molecule has 2 aromatic carbocycles. The van der Waals surface area contributed by atoms with Crippen LogP contribution in [0.3, 0.4) is 0 Å². The molecule has 2 rings (SSSR count). The Morgan fingerprint density at radius 1 is 1.12 bits per heavy atom. The fraction of sp³-hybridized carbons (Fsp3) is 0.350. The van der Waals surface area contributed by atoms with Gasteiger partial charge in [0.05, 0.1) is 0 Å². The highest BCUT2D eigenvalue weighted by Gasteiger charge is 2.17. The normalized spacial score (nSPS) is 11.2. The zero-order valence-electron chi connectivity index (χ0n) is 15.0. The second-order valence-electron chi connectivity index (χ2n) is 6.47. The average molecular weight is 379 g/mol. The van der Waals surface area contributed by atoms with Crippen LogP contribution in [0.25, 0.3) is 11.1 Å². The average Bonchev–Trinajstić information content (AvgIpc) is 2.53. The Bertz CT molecular complexity index is 721. The first-order valence-electron chi connectivity index (χ1n) is 8.16. The zero-order chi connectivity index (χ0) is 18.4. The molecule has 0 unspecified atom stereocenters. The van der Waals surface area contributed by atoms with E-state index in [1.807, 2.05) is 39.0 Å². The minimum Gasteiger partial charge on any atom is -0.481 e. The molecule has 0 saturated carbocycles. The molecular weight excluding hydrogens is 356 g/mol. The van der Waals surface area contributed by atoms with Gasteiger partial charge in [-0.1, -0.05) is 30.7 Å². The van der Waals surface area contributed by atoms with Crippen molar-refractivity contribution >= 4 is 29.3 Å². The lowest BCUT2D eigenvalue weighted by Crippen LogP contribution is -2.27. The van der Waals surface area contributed by atoms with Gasteiger partial charge in [-0.15, -0.1) is 11.8 Å². The fourth-order valence-corrected chi connectivity index (χ4v) is 3.09. The number of carbonyl (C=O) groups excluding carboxylic acids is 1. The van der Waals surface area contributed by atoms with Crippen molar-refractivity contribution in [2.24, 2.45) is 0 Å².